The first-order valence-electron chi connectivity index (χ1n) is 12.9. The Morgan fingerprint density at radius 3 is 1.40 bits per heavy atom. The van der Waals surface area contributed by atoms with Crippen molar-refractivity contribution in [1.82, 2.24) is 4.90 Å². The van der Waals surface area contributed by atoms with Crippen LogP contribution in [0.5, 0.6) is 0 Å². The average Bonchev–Trinajstić information content (AvgIpc) is 2.86. The molecule has 0 saturated carbocycles. The van der Waals surface area contributed by atoms with Gasteiger partial charge in [0, 0.05) is 11.1 Å². The Morgan fingerprint density at radius 2 is 0.971 bits per heavy atom. The van der Waals surface area contributed by atoms with Gasteiger partial charge in [-0.1, -0.05) is 86.8 Å². The molecule has 0 heterocycles. The molecule has 187 valence electrons. The third-order valence-corrected chi connectivity index (χ3v) is 6.61. The number of halogens is 3. The average molecular weight is 482 g/mol. The zero-order valence-corrected chi connectivity index (χ0v) is 21.1. The molecule has 0 aliphatic heterocycles. The second-order valence-electron chi connectivity index (χ2n) is 9.44. The lowest BCUT2D eigenvalue weighted by molar-refractivity contribution is -0.137. The summed E-state index contributed by atoms with van der Waals surface area (Å²) < 4.78 is 38.4. The number of hydrogen-bond acceptors (Lipinski definition) is 1. The number of hydrogen-bond donors (Lipinski definition) is 0. The molecular formula is C31H38F3N+. The molecule has 0 fully saturated rings. The van der Waals surface area contributed by atoms with E-state index in [0.29, 0.717) is 6.54 Å². The zero-order valence-electron chi connectivity index (χ0n) is 21.1. The van der Waals surface area contributed by atoms with Gasteiger partial charge < -0.3 is 0 Å². The first kappa shape index (κ1) is 27.0. The fourth-order valence-corrected chi connectivity index (χ4v) is 4.32. The summed E-state index contributed by atoms with van der Waals surface area (Å²) in [6, 6.07) is 23.3. The minimum atomic E-state index is -4.29. The lowest BCUT2D eigenvalue weighted by atomic mass is 10.0. The molecule has 0 N–H and O–H groups in total. The normalized spacial score (nSPS) is 11.8. The molecule has 0 aromatic heterocycles. The second kappa shape index (κ2) is 13.5. The summed E-state index contributed by atoms with van der Waals surface area (Å²) in [5.41, 5.74) is 5.64. The number of rotatable bonds is 13. The van der Waals surface area contributed by atoms with Crippen molar-refractivity contribution >= 4 is 0 Å². The van der Waals surface area contributed by atoms with E-state index in [2.05, 4.69) is 67.3 Å². The molecule has 3 aromatic rings. The summed E-state index contributed by atoms with van der Waals surface area (Å²) in [5.74, 6) is 0. The largest absolute Gasteiger partial charge is 0.416 e. The van der Waals surface area contributed by atoms with Crippen LogP contribution in [0.25, 0.3) is 0 Å². The molecule has 3 aromatic carbocycles. The van der Waals surface area contributed by atoms with Crippen LogP contribution in [0.2, 0.25) is 0 Å². The van der Waals surface area contributed by atoms with Gasteiger partial charge >= 0.3 is 6.18 Å². The highest BCUT2D eigenvalue weighted by Gasteiger charge is 2.30. The monoisotopic (exact) mass is 481 g/mol. The van der Waals surface area contributed by atoms with E-state index < -0.39 is 11.7 Å². The van der Waals surface area contributed by atoms with Crippen LogP contribution < -0.4 is 4.90 Å². The van der Waals surface area contributed by atoms with Gasteiger partial charge in [-0.2, -0.15) is 18.1 Å². The van der Waals surface area contributed by atoms with Gasteiger partial charge in [-0.3, -0.25) is 0 Å². The van der Waals surface area contributed by atoms with Crippen molar-refractivity contribution < 1.29 is 13.2 Å². The molecule has 1 radical (unpaired) electrons. The number of nitrogens with zero attached hydrogens (tertiary/aromatic N) is 1. The van der Waals surface area contributed by atoms with E-state index in [4.69, 9.17) is 0 Å². The van der Waals surface area contributed by atoms with Gasteiger partial charge in [0.1, 0.15) is 19.6 Å². The molecule has 0 amide bonds. The topological polar surface area (TPSA) is 5.90 Å². The van der Waals surface area contributed by atoms with Crippen LogP contribution in [0.15, 0.2) is 72.8 Å². The van der Waals surface area contributed by atoms with Crippen molar-refractivity contribution in [2.75, 3.05) is 6.54 Å². The number of alkyl halides is 3. The van der Waals surface area contributed by atoms with Crippen LogP contribution in [0, 0.1) is 0 Å². The Morgan fingerprint density at radius 1 is 0.543 bits per heavy atom. The van der Waals surface area contributed by atoms with Gasteiger partial charge in [0.05, 0.1) is 5.56 Å². The molecule has 0 aliphatic rings. The third-order valence-electron chi connectivity index (χ3n) is 6.61. The van der Waals surface area contributed by atoms with Crippen LogP contribution in [0.4, 0.5) is 13.2 Å². The smallest absolute Gasteiger partial charge is 0.166 e. The van der Waals surface area contributed by atoms with Gasteiger partial charge in [0.15, 0.2) is 0 Å². The van der Waals surface area contributed by atoms with E-state index in [1.54, 1.807) is 12.1 Å². The second-order valence-corrected chi connectivity index (χ2v) is 9.44. The van der Waals surface area contributed by atoms with Crippen LogP contribution in [-0.4, -0.2) is 6.54 Å². The summed E-state index contributed by atoms with van der Waals surface area (Å²) >= 11 is 0. The minimum Gasteiger partial charge on any atom is -0.166 e. The van der Waals surface area contributed by atoms with E-state index >= 15 is 0 Å². The Hall–Kier alpha value is -2.59. The highest BCUT2D eigenvalue weighted by atomic mass is 19.4. The maximum absolute atomic E-state index is 12.8. The predicted octanol–water partition coefficient (Wildman–Crippen LogP) is 8.47. The van der Waals surface area contributed by atoms with E-state index in [9.17, 15) is 13.2 Å². The molecule has 3 rings (SSSR count). The summed E-state index contributed by atoms with van der Waals surface area (Å²) in [7, 11) is 0. The van der Waals surface area contributed by atoms with E-state index in [1.807, 2.05) is 0 Å². The van der Waals surface area contributed by atoms with Crippen molar-refractivity contribution in [3.63, 3.8) is 0 Å². The standard InChI is InChI=1S/C31H38F3N/c1-3-5-6-7-8-25-9-11-26(12-10-25)13-14-27-15-17-28(18-16-27)23-35(4-2)24-29-19-21-30(22-20-29)31(32,33)34/h9-12,15-22H,3-8,13-14,23-24H2,1-2H3/q+1. The molecule has 35 heavy (non-hydrogen) atoms. The molecule has 0 aliphatic carbocycles. The highest BCUT2D eigenvalue weighted by molar-refractivity contribution is 5.27. The van der Waals surface area contributed by atoms with Crippen molar-refractivity contribution in [2.45, 2.75) is 78.1 Å². The Labute approximate surface area is 209 Å². The Bertz CT molecular complexity index is 989. The van der Waals surface area contributed by atoms with Gasteiger partial charge in [-0.25, -0.2) is 0 Å². The number of benzene rings is 3. The van der Waals surface area contributed by atoms with Crippen molar-refractivity contribution in [2.24, 2.45) is 0 Å². The van der Waals surface area contributed by atoms with Crippen LogP contribution in [0.3, 0.4) is 0 Å². The third kappa shape index (κ3) is 9.18. The molecular weight excluding hydrogens is 443 g/mol. The molecule has 0 atom stereocenters. The molecule has 1 nitrogen and oxygen atoms in total. The Kier molecular flexibility index (Phi) is 10.4. The van der Waals surface area contributed by atoms with Gasteiger partial charge in [-0.15, -0.1) is 0 Å². The van der Waals surface area contributed by atoms with E-state index in [0.717, 1.165) is 31.5 Å². The lowest BCUT2D eigenvalue weighted by Gasteiger charge is -2.12. The number of unbranched alkanes of at least 4 members (excludes halogenated alkanes) is 3. The van der Waals surface area contributed by atoms with Crippen molar-refractivity contribution in [3.8, 4) is 0 Å². The molecule has 0 unspecified atom stereocenters. The van der Waals surface area contributed by atoms with Crippen molar-refractivity contribution in [1.29, 1.82) is 0 Å². The quantitative estimate of drug-likeness (QED) is 0.171. The van der Waals surface area contributed by atoms with Crippen LogP contribution in [0.1, 0.15) is 72.9 Å². The van der Waals surface area contributed by atoms with Crippen LogP contribution >= 0.6 is 0 Å². The van der Waals surface area contributed by atoms with E-state index in [1.165, 1.54) is 66.5 Å². The van der Waals surface area contributed by atoms with Crippen LogP contribution in [-0.2, 0) is 38.5 Å². The minimum absolute atomic E-state index is 0.599. The summed E-state index contributed by atoms with van der Waals surface area (Å²) in [4.78, 5) is 2.24. The molecule has 0 saturated heterocycles. The fraction of sp³-hybridized carbons (Fsp3) is 0.419. The summed E-state index contributed by atoms with van der Waals surface area (Å²) in [6.07, 6.45) is 4.13. The highest BCUT2D eigenvalue weighted by Crippen LogP contribution is 2.29. The summed E-state index contributed by atoms with van der Waals surface area (Å²) in [6.45, 7) is 6.56. The zero-order chi connectivity index (χ0) is 25.1. The van der Waals surface area contributed by atoms with Gasteiger partial charge in [0.25, 0.3) is 0 Å². The molecule has 0 spiro atoms. The number of aryl methyl sites for hydroxylation is 3. The summed E-state index contributed by atoms with van der Waals surface area (Å²) in [5, 5.41) is 0. The van der Waals surface area contributed by atoms with Gasteiger partial charge in [-0.05, 0) is 61.4 Å². The molecule has 4 heteroatoms. The Balaban J connectivity index is 1.46. The maximum atomic E-state index is 12.8. The van der Waals surface area contributed by atoms with Gasteiger partial charge in [0.2, 0.25) is 0 Å². The SMILES string of the molecule is CCCCCCc1ccc(CCc2ccc(C[N+](CC)Cc3ccc(C(F)(F)F)cc3)cc2)cc1. The maximum Gasteiger partial charge on any atom is 0.416 e. The van der Waals surface area contributed by atoms with Crippen molar-refractivity contribution in [3.05, 3.63) is 106 Å². The van der Waals surface area contributed by atoms with E-state index in [-0.39, 0.29) is 0 Å². The predicted molar refractivity (Wildman–Crippen MR) is 140 cm³/mol. The fourth-order valence-electron chi connectivity index (χ4n) is 4.32. The molecule has 0 bridgehead atoms. The first-order valence-corrected chi connectivity index (χ1v) is 12.9. The first-order chi connectivity index (χ1) is 16.9. The lowest BCUT2D eigenvalue weighted by Crippen LogP contribution is -2.28.